The van der Waals surface area contributed by atoms with Gasteiger partial charge in [-0.3, -0.25) is 9.78 Å². The Morgan fingerprint density at radius 2 is 2.24 bits per heavy atom. The van der Waals surface area contributed by atoms with Crippen molar-refractivity contribution >= 4 is 27.3 Å². The minimum absolute atomic E-state index is 0.226. The number of carbonyl (C=O) groups is 1. The quantitative estimate of drug-likeness (QED) is 0.557. The average molecular weight is 247 g/mol. The van der Waals surface area contributed by atoms with Crippen LogP contribution in [-0.4, -0.2) is 10.8 Å². The summed E-state index contributed by atoms with van der Waals surface area (Å²) in [5.41, 5.74) is 1.74. The summed E-state index contributed by atoms with van der Waals surface area (Å²) >= 11 is 1.64. The minimum Gasteiger partial charge on any atom is -0.294 e. The first kappa shape index (κ1) is 12.2. The Bertz CT molecular complexity index is 504. The van der Waals surface area contributed by atoms with E-state index in [0.717, 1.165) is 28.6 Å². The van der Waals surface area contributed by atoms with E-state index in [1.807, 2.05) is 17.5 Å². The largest absolute Gasteiger partial charge is 0.294 e. The lowest BCUT2D eigenvalue weighted by Gasteiger charge is -2.00. The number of hydrogen-bond acceptors (Lipinski definition) is 3. The summed E-state index contributed by atoms with van der Waals surface area (Å²) in [5, 5.41) is 2.01. The Morgan fingerprint density at radius 3 is 3.06 bits per heavy atom. The molecule has 0 aliphatic rings. The molecule has 0 atom stereocenters. The van der Waals surface area contributed by atoms with Crippen molar-refractivity contribution in [3.05, 3.63) is 29.3 Å². The van der Waals surface area contributed by atoms with Crippen LogP contribution in [0.5, 0.6) is 0 Å². The Hall–Kier alpha value is -1.22. The van der Waals surface area contributed by atoms with Gasteiger partial charge in [-0.15, -0.1) is 11.3 Å². The fourth-order valence-electron chi connectivity index (χ4n) is 1.86. The van der Waals surface area contributed by atoms with Crippen LogP contribution in [0.1, 0.15) is 49.4 Å². The van der Waals surface area contributed by atoms with Gasteiger partial charge >= 0.3 is 0 Å². The van der Waals surface area contributed by atoms with Crippen LogP contribution in [0.2, 0.25) is 0 Å². The van der Waals surface area contributed by atoms with Crippen molar-refractivity contribution in [3.63, 3.8) is 0 Å². The van der Waals surface area contributed by atoms with E-state index in [2.05, 4.69) is 11.9 Å². The van der Waals surface area contributed by atoms with Crippen LogP contribution in [0.15, 0.2) is 23.7 Å². The van der Waals surface area contributed by atoms with E-state index < -0.39 is 0 Å². The van der Waals surface area contributed by atoms with Crippen molar-refractivity contribution in [2.24, 2.45) is 0 Å². The maximum atomic E-state index is 11.9. The number of nitrogens with zero attached hydrogens (tertiary/aromatic N) is 1. The monoisotopic (exact) mass is 247 g/mol. The predicted octanol–water partition coefficient (Wildman–Crippen LogP) is 4.45. The molecular weight excluding hydrogens is 230 g/mol. The normalized spacial score (nSPS) is 10.9. The minimum atomic E-state index is 0.226. The number of Topliss-reactive ketones (excluding diaryl/α,β-unsaturated/α-hetero) is 1. The van der Waals surface area contributed by atoms with E-state index >= 15 is 0 Å². The maximum absolute atomic E-state index is 11.9. The smallest absolute Gasteiger partial charge is 0.164 e. The molecule has 2 nitrogen and oxygen atoms in total. The van der Waals surface area contributed by atoms with Gasteiger partial charge in [0.25, 0.3) is 0 Å². The number of thiophene rings is 1. The van der Waals surface area contributed by atoms with Crippen LogP contribution in [0, 0.1) is 0 Å². The Morgan fingerprint density at radius 1 is 1.35 bits per heavy atom. The number of pyridine rings is 1. The van der Waals surface area contributed by atoms with Crippen LogP contribution < -0.4 is 0 Å². The number of ketones is 1. The summed E-state index contributed by atoms with van der Waals surface area (Å²) in [6.45, 7) is 2.18. The van der Waals surface area contributed by atoms with E-state index in [-0.39, 0.29) is 5.78 Å². The molecule has 0 radical (unpaired) electrons. The summed E-state index contributed by atoms with van der Waals surface area (Å²) in [4.78, 5) is 16.2. The molecule has 0 saturated heterocycles. The standard InChI is InChI=1S/C14H17NOS/c1-2-3-4-5-6-13(16)11-9-14-12(15-10-11)7-8-17-14/h7-10H,2-6H2,1H3. The van der Waals surface area contributed by atoms with Crippen molar-refractivity contribution in [1.82, 2.24) is 4.98 Å². The van der Waals surface area contributed by atoms with Crippen molar-refractivity contribution < 1.29 is 4.79 Å². The van der Waals surface area contributed by atoms with Gasteiger partial charge < -0.3 is 0 Å². The topological polar surface area (TPSA) is 30.0 Å². The number of carbonyl (C=O) groups excluding carboxylic acids is 1. The summed E-state index contributed by atoms with van der Waals surface area (Å²) in [7, 11) is 0. The molecule has 2 aromatic rings. The van der Waals surface area contributed by atoms with Crippen LogP contribution >= 0.6 is 11.3 Å². The van der Waals surface area contributed by atoms with Gasteiger partial charge in [0.1, 0.15) is 0 Å². The summed E-state index contributed by atoms with van der Waals surface area (Å²) in [6.07, 6.45) is 6.92. The first-order chi connectivity index (χ1) is 8.31. The van der Waals surface area contributed by atoms with Crippen LogP contribution in [0.25, 0.3) is 10.2 Å². The van der Waals surface area contributed by atoms with Crippen molar-refractivity contribution in [2.75, 3.05) is 0 Å². The summed E-state index contributed by atoms with van der Waals surface area (Å²) in [5.74, 6) is 0.226. The number of fused-ring (bicyclic) bond motifs is 1. The highest BCUT2D eigenvalue weighted by Crippen LogP contribution is 2.20. The molecule has 0 N–H and O–H groups in total. The predicted molar refractivity (Wildman–Crippen MR) is 72.7 cm³/mol. The third-order valence-electron chi connectivity index (χ3n) is 2.88. The number of rotatable bonds is 6. The van der Waals surface area contributed by atoms with Crippen molar-refractivity contribution in [2.45, 2.75) is 39.0 Å². The molecule has 2 aromatic heterocycles. The first-order valence-electron chi connectivity index (χ1n) is 6.17. The molecule has 0 aromatic carbocycles. The lowest BCUT2D eigenvalue weighted by atomic mass is 10.1. The zero-order valence-corrected chi connectivity index (χ0v) is 10.9. The molecule has 2 rings (SSSR count). The molecule has 2 heterocycles. The SMILES string of the molecule is CCCCCCC(=O)c1cnc2ccsc2c1. The first-order valence-corrected chi connectivity index (χ1v) is 7.05. The van der Waals surface area contributed by atoms with Gasteiger partial charge in [-0.1, -0.05) is 26.2 Å². The van der Waals surface area contributed by atoms with Crippen molar-refractivity contribution in [1.29, 1.82) is 0 Å². The van der Waals surface area contributed by atoms with Gasteiger partial charge in [0, 0.05) is 18.2 Å². The Labute approximate surface area is 106 Å². The average Bonchev–Trinajstić information content (AvgIpc) is 2.81. The molecule has 0 fully saturated rings. The highest BCUT2D eigenvalue weighted by molar-refractivity contribution is 7.17. The molecule has 0 bridgehead atoms. The lowest BCUT2D eigenvalue weighted by Crippen LogP contribution is -1.99. The molecule has 17 heavy (non-hydrogen) atoms. The van der Waals surface area contributed by atoms with E-state index in [9.17, 15) is 4.79 Å². The fourth-order valence-corrected chi connectivity index (χ4v) is 2.64. The second kappa shape index (κ2) is 5.92. The zero-order chi connectivity index (χ0) is 12.1. The third kappa shape index (κ3) is 3.13. The van der Waals surface area contributed by atoms with Crippen LogP contribution in [0.3, 0.4) is 0 Å². The van der Waals surface area contributed by atoms with E-state index in [1.165, 1.54) is 12.8 Å². The van der Waals surface area contributed by atoms with Crippen LogP contribution in [0.4, 0.5) is 0 Å². The van der Waals surface area contributed by atoms with Crippen molar-refractivity contribution in [3.8, 4) is 0 Å². The maximum Gasteiger partial charge on any atom is 0.164 e. The van der Waals surface area contributed by atoms with E-state index in [4.69, 9.17) is 0 Å². The second-order valence-electron chi connectivity index (χ2n) is 4.26. The highest BCUT2D eigenvalue weighted by Gasteiger charge is 2.07. The van der Waals surface area contributed by atoms with E-state index in [1.54, 1.807) is 17.5 Å². The van der Waals surface area contributed by atoms with Gasteiger partial charge in [0.05, 0.1) is 10.2 Å². The van der Waals surface area contributed by atoms with Gasteiger partial charge in [-0.05, 0) is 23.9 Å². The third-order valence-corrected chi connectivity index (χ3v) is 3.74. The summed E-state index contributed by atoms with van der Waals surface area (Å²) in [6, 6.07) is 3.95. The Kier molecular flexibility index (Phi) is 4.26. The molecule has 3 heteroatoms. The van der Waals surface area contributed by atoms with Crippen LogP contribution in [-0.2, 0) is 0 Å². The lowest BCUT2D eigenvalue weighted by molar-refractivity contribution is 0.0979. The zero-order valence-electron chi connectivity index (χ0n) is 10.1. The number of unbranched alkanes of at least 4 members (excludes halogenated alkanes) is 3. The van der Waals surface area contributed by atoms with Gasteiger partial charge in [0.2, 0.25) is 0 Å². The van der Waals surface area contributed by atoms with Gasteiger partial charge in [-0.2, -0.15) is 0 Å². The van der Waals surface area contributed by atoms with E-state index in [0.29, 0.717) is 6.42 Å². The van der Waals surface area contributed by atoms with Gasteiger partial charge in [0.15, 0.2) is 5.78 Å². The summed E-state index contributed by atoms with van der Waals surface area (Å²) < 4.78 is 1.10. The molecule has 0 spiro atoms. The molecule has 90 valence electrons. The highest BCUT2D eigenvalue weighted by atomic mass is 32.1. The molecule has 0 aliphatic carbocycles. The molecule has 0 unspecified atom stereocenters. The molecule has 0 aliphatic heterocycles. The molecular formula is C14H17NOS. The second-order valence-corrected chi connectivity index (χ2v) is 5.21. The number of aromatic nitrogens is 1. The Balaban J connectivity index is 1.98. The molecule has 0 amide bonds. The van der Waals surface area contributed by atoms with Gasteiger partial charge in [-0.25, -0.2) is 0 Å². The fraction of sp³-hybridized carbons (Fsp3) is 0.429. The molecule has 0 saturated carbocycles. The number of hydrogen-bond donors (Lipinski definition) is 0.